The van der Waals surface area contributed by atoms with Gasteiger partial charge in [0.25, 0.3) is 0 Å². The molecule has 2 amide bonds. The number of allylic oxidation sites excluding steroid dienone is 2. The lowest BCUT2D eigenvalue weighted by Crippen LogP contribution is -2.54. The number of carbonyl (C=O) groups excluding carboxylic acids is 2. The Balaban J connectivity index is 0.000000175. The van der Waals surface area contributed by atoms with Crippen LogP contribution in [0.25, 0.3) is 10.4 Å². The number of fused-ring (bicyclic) bond motifs is 12. The molecule has 2 aromatic carbocycles. The predicted molar refractivity (Wildman–Crippen MR) is 344 cm³/mol. The third-order valence-electron chi connectivity index (χ3n) is 26.8. The second-order valence-electron chi connectivity index (χ2n) is 31.3. The molecule has 22 atom stereocenters. The molecule has 0 radical (unpaired) electrons. The fourth-order valence-electron chi connectivity index (χ4n) is 22.5. The predicted octanol–water partition coefficient (Wildman–Crippen LogP) is 18.9. The number of piperidine rings is 2. The van der Waals surface area contributed by atoms with Gasteiger partial charge in [0.1, 0.15) is 13.2 Å². The van der Waals surface area contributed by atoms with E-state index in [1.54, 1.807) is 16.7 Å². The number of carbonyl (C=O) groups is 2. The van der Waals surface area contributed by atoms with Crippen LogP contribution in [0.3, 0.4) is 0 Å². The van der Waals surface area contributed by atoms with E-state index in [1.807, 2.05) is 71.1 Å². The van der Waals surface area contributed by atoms with Crippen LogP contribution in [-0.2, 0) is 32.2 Å². The third-order valence-corrected chi connectivity index (χ3v) is 26.8. The maximum atomic E-state index is 13.5. The van der Waals surface area contributed by atoms with Crippen molar-refractivity contribution in [1.29, 1.82) is 0 Å². The zero-order valence-electron chi connectivity index (χ0n) is 52.8. The van der Waals surface area contributed by atoms with E-state index in [1.165, 1.54) is 77.0 Å². The van der Waals surface area contributed by atoms with Crippen LogP contribution in [0.4, 0.5) is 9.59 Å². The van der Waals surface area contributed by atoms with Crippen molar-refractivity contribution in [2.75, 3.05) is 13.1 Å². The smallest absolute Gasteiger partial charge is 0.410 e. The molecule has 14 rings (SSSR count). The highest BCUT2D eigenvalue weighted by atomic mass is 16.6. The van der Waals surface area contributed by atoms with Crippen molar-refractivity contribution in [2.24, 2.45) is 92.9 Å². The van der Waals surface area contributed by atoms with E-state index in [0.717, 1.165) is 117 Å². The molecule has 86 heavy (non-hydrogen) atoms. The van der Waals surface area contributed by atoms with Gasteiger partial charge in [-0.25, -0.2) is 9.59 Å². The summed E-state index contributed by atoms with van der Waals surface area (Å²) in [5.74, 6) is 8.62. The number of amides is 2. The highest BCUT2D eigenvalue weighted by Crippen LogP contribution is 2.68. The first-order valence-electron chi connectivity index (χ1n) is 34.1. The first-order chi connectivity index (χ1) is 40.4. The van der Waals surface area contributed by atoms with Gasteiger partial charge in [0.05, 0.1) is 35.5 Å². The van der Waals surface area contributed by atoms with Gasteiger partial charge in [-0.2, -0.15) is 0 Å². The Morgan fingerprint density at radius 1 is 0.581 bits per heavy atom. The molecule has 8 aliphatic carbocycles. The number of rotatable bonds is 5. The summed E-state index contributed by atoms with van der Waals surface area (Å²) in [5, 5.41) is 4.14. The van der Waals surface area contributed by atoms with Crippen molar-refractivity contribution in [3.8, 4) is 0 Å². The van der Waals surface area contributed by atoms with Gasteiger partial charge >= 0.3 is 12.2 Å². The van der Waals surface area contributed by atoms with Crippen molar-refractivity contribution in [3.05, 3.63) is 105 Å². The van der Waals surface area contributed by atoms with Crippen molar-refractivity contribution in [1.82, 2.24) is 9.80 Å². The molecule has 12 aliphatic rings. The Morgan fingerprint density at radius 2 is 1.02 bits per heavy atom. The van der Waals surface area contributed by atoms with Gasteiger partial charge in [-0.1, -0.05) is 158 Å². The Bertz CT molecular complexity index is 2870. The number of hydrogen-bond donors (Lipinski definition) is 0. The standard InChI is InChI=1S/C37H53NO3.C36H50N4O3.2CH4/c1-23-13-15-36(5)28(17-23)11-12-30-29-14-16-37(20-25(3)31(29)19-32(30)36)26(4)34-33(41-37)18-24(2)21-38(34)35(39)40-22-27-9-7-6-8-10-27;1-22-16-32-33(40(20-22)34(41)42-21-25-8-6-5-7-9-25)24(3)36(43-32)15-13-28-29-11-10-26-17-27(38-39-37)12-14-35(26,4)31(29)18-30(28)23(2)19-36;;/h6-10,23-24,26,28-30,32-34H,11-22H2,1-5H3;5-9,22,24,26-29,31-33H,10-21H2,1-4H3;2*1H4/t23-,24-,26+,28+,29-,30-,32-,33+,34-,36-,37-;22-,24+,26+,27+,28-,29-,31-,32+,33-,35-,36-;;/m00../s1. The van der Waals surface area contributed by atoms with Gasteiger partial charge in [-0.15, -0.1) is 0 Å². The molecule has 0 bridgehead atoms. The molecule has 472 valence electrons. The number of hydrogen-bond acceptors (Lipinski definition) is 7. The van der Waals surface area contributed by atoms with E-state index >= 15 is 0 Å². The lowest BCUT2D eigenvalue weighted by Gasteiger charge is -2.54. The molecule has 0 N–H and O–H groups in total. The number of likely N-dealkylation sites (tertiary alicyclic amines) is 2. The van der Waals surface area contributed by atoms with Gasteiger partial charge in [0.2, 0.25) is 0 Å². The molecule has 11 nitrogen and oxygen atoms in total. The van der Waals surface area contributed by atoms with Crippen LogP contribution in [0.5, 0.6) is 0 Å². The summed E-state index contributed by atoms with van der Waals surface area (Å²) in [4.78, 5) is 34.3. The topological polar surface area (TPSA) is 126 Å². The van der Waals surface area contributed by atoms with E-state index in [9.17, 15) is 9.59 Å². The van der Waals surface area contributed by atoms with Crippen LogP contribution in [0, 0.1) is 87.8 Å². The van der Waals surface area contributed by atoms with Gasteiger partial charge < -0.3 is 28.7 Å². The maximum Gasteiger partial charge on any atom is 0.410 e. The monoisotopic (exact) mass is 1180 g/mol. The summed E-state index contributed by atoms with van der Waals surface area (Å²) in [6, 6.07) is 20.4. The molecular weight excluding hydrogens is 1070 g/mol. The Morgan fingerprint density at radius 3 is 1.48 bits per heavy atom. The molecule has 11 heteroatoms. The van der Waals surface area contributed by atoms with Crippen molar-refractivity contribution in [3.63, 3.8) is 0 Å². The molecule has 4 aliphatic heterocycles. The minimum absolute atomic E-state index is 0. The van der Waals surface area contributed by atoms with Crippen molar-refractivity contribution < 1.29 is 28.5 Å². The van der Waals surface area contributed by atoms with E-state index in [4.69, 9.17) is 24.5 Å². The average molecular weight is 1180 g/mol. The normalized spacial score (nSPS) is 43.5. The second-order valence-corrected chi connectivity index (χ2v) is 31.3. The van der Waals surface area contributed by atoms with Gasteiger partial charge in [-0.3, -0.25) is 0 Å². The fraction of sp³-hybridized carbons (Fsp3) is 0.760. The lowest BCUT2D eigenvalue weighted by atomic mass is 9.51. The third kappa shape index (κ3) is 11.1. The van der Waals surface area contributed by atoms with Crippen molar-refractivity contribution >= 4 is 12.2 Å². The van der Waals surface area contributed by atoms with E-state index in [0.29, 0.717) is 53.6 Å². The van der Waals surface area contributed by atoms with Crippen LogP contribution in [-0.4, -0.2) is 76.6 Å². The van der Waals surface area contributed by atoms with Crippen LogP contribution >= 0.6 is 0 Å². The number of benzene rings is 2. The van der Waals surface area contributed by atoms with Gasteiger partial charge in [0.15, 0.2) is 0 Å². The molecule has 6 saturated carbocycles. The second kappa shape index (κ2) is 24.8. The van der Waals surface area contributed by atoms with Gasteiger partial charge in [0, 0.05) is 35.9 Å². The molecule has 2 spiro atoms. The SMILES string of the molecule is C.C.CC1=C2C[C@H]3[C@@H](CC[C@@H]4C[C@@H](C)CC[C@@]43C)[C@@H]2CC[C@@]2(C1)O[C@@H]1C[C@H](C)CN(C(=O)OCc3ccccc3)[C@H]1[C@H]2C.CC1=C2C[C@H]3[C@@H](CC[C@@H]4C[C@H](N=[N+]=[N-])CC[C@@]43C)[C@@H]2CC[C@@]2(C1)O[C@@H]1C[C@H](C)CN(C(=O)OCc3ccccc3)[C@H]1[C@H]2C. The van der Waals surface area contributed by atoms with Crippen molar-refractivity contribution in [2.45, 2.75) is 260 Å². The summed E-state index contributed by atoms with van der Waals surface area (Å²) < 4.78 is 26.2. The minimum Gasteiger partial charge on any atom is -0.445 e. The number of nitrogens with zero attached hydrogens (tertiary/aromatic N) is 5. The summed E-state index contributed by atoms with van der Waals surface area (Å²) in [6.45, 7) is 24.0. The lowest BCUT2D eigenvalue weighted by molar-refractivity contribution is -0.0806. The first kappa shape index (κ1) is 63.3. The maximum absolute atomic E-state index is 13.5. The van der Waals surface area contributed by atoms with Crippen LogP contribution in [0.1, 0.15) is 217 Å². The Kier molecular flexibility index (Phi) is 18.3. The largest absolute Gasteiger partial charge is 0.445 e. The Hall–Kier alpha value is -4.31. The summed E-state index contributed by atoms with van der Waals surface area (Å²) in [6.07, 6.45) is 24.3. The molecule has 0 unspecified atom stereocenters. The Labute approximate surface area is 518 Å². The fourth-order valence-corrected chi connectivity index (χ4v) is 22.5. The number of ether oxygens (including phenoxy) is 4. The average Bonchev–Trinajstić information content (AvgIpc) is 1.58. The summed E-state index contributed by atoms with van der Waals surface area (Å²) >= 11 is 0. The van der Waals surface area contributed by atoms with Gasteiger partial charge in [-0.05, 0) is 228 Å². The molecular formula is C75H111N5O6. The first-order valence-corrected chi connectivity index (χ1v) is 34.1. The molecule has 0 aromatic heterocycles. The molecule has 2 aromatic rings. The zero-order chi connectivity index (χ0) is 58.5. The van der Waals surface area contributed by atoms with E-state index in [2.05, 4.69) is 77.2 Å². The highest BCUT2D eigenvalue weighted by molar-refractivity contribution is 5.69. The zero-order valence-corrected chi connectivity index (χ0v) is 52.8. The van der Waals surface area contributed by atoms with E-state index in [-0.39, 0.29) is 74.5 Å². The molecule has 4 saturated heterocycles. The van der Waals surface area contributed by atoms with E-state index < -0.39 is 0 Å². The molecule has 10 fully saturated rings. The van der Waals surface area contributed by atoms with Crippen LogP contribution in [0.15, 0.2) is 88.1 Å². The van der Waals surface area contributed by atoms with Crippen LogP contribution < -0.4 is 0 Å². The number of azide groups is 1. The van der Waals surface area contributed by atoms with Crippen LogP contribution in [0.2, 0.25) is 0 Å². The highest BCUT2D eigenvalue weighted by Gasteiger charge is 2.63. The quantitative estimate of drug-likeness (QED) is 0.127. The minimum atomic E-state index is -0.206. The summed E-state index contributed by atoms with van der Waals surface area (Å²) in [5.41, 5.74) is 18.4. The summed E-state index contributed by atoms with van der Waals surface area (Å²) in [7, 11) is 0. The molecule has 4 heterocycles.